The normalized spacial score (nSPS) is 10.5. The second-order valence-corrected chi connectivity index (χ2v) is 6.30. The number of nitrogens with two attached hydrogens (primary N) is 1. The molecular weight excluding hydrogens is 310 g/mol. The maximum absolute atomic E-state index is 11.8. The first-order chi connectivity index (χ1) is 11.2. The number of aryl methyl sites for hydroxylation is 1. The van der Waals surface area contributed by atoms with E-state index in [4.69, 9.17) is 10.5 Å². The Hall–Kier alpha value is -1.92. The number of rotatable bonds is 9. The van der Waals surface area contributed by atoms with Crippen LogP contribution in [-0.4, -0.2) is 24.0 Å². The molecule has 3 N–H and O–H groups in total. The molecule has 0 radical (unpaired) electrons. The highest BCUT2D eigenvalue weighted by Gasteiger charge is 2.08. The van der Waals surface area contributed by atoms with E-state index in [1.807, 2.05) is 36.6 Å². The zero-order valence-corrected chi connectivity index (χ0v) is 14.2. The molecule has 1 aromatic carbocycles. The zero-order chi connectivity index (χ0) is 16.5. The number of nitrogens with one attached hydrogen (secondary N) is 1. The van der Waals surface area contributed by atoms with Crippen LogP contribution in [0.15, 0.2) is 29.6 Å². The predicted molar refractivity (Wildman–Crippen MR) is 92.6 cm³/mol. The predicted octanol–water partition coefficient (Wildman–Crippen LogP) is 2.43. The molecule has 2 aromatic rings. The van der Waals surface area contributed by atoms with Crippen LogP contribution in [0.5, 0.6) is 5.75 Å². The van der Waals surface area contributed by atoms with E-state index in [9.17, 15) is 4.79 Å². The fourth-order valence-electron chi connectivity index (χ4n) is 2.00. The molecule has 0 aliphatic rings. The van der Waals surface area contributed by atoms with E-state index in [1.165, 1.54) is 16.9 Å². The molecule has 23 heavy (non-hydrogen) atoms. The summed E-state index contributed by atoms with van der Waals surface area (Å²) in [4.78, 5) is 16.2. The Bertz CT molecular complexity index is 611. The first kappa shape index (κ1) is 17.4. The van der Waals surface area contributed by atoms with E-state index < -0.39 is 0 Å². The van der Waals surface area contributed by atoms with Crippen molar-refractivity contribution in [3.8, 4) is 5.75 Å². The topological polar surface area (TPSA) is 77.2 Å². The molecule has 0 saturated carbocycles. The number of hydrogen-bond acceptors (Lipinski definition) is 5. The summed E-state index contributed by atoms with van der Waals surface area (Å²) < 4.78 is 5.69. The number of nitrogens with zero attached hydrogens (tertiary/aromatic N) is 1. The lowest BCUT2D eigenvalue weighted by Gasteiger charge is -2.04. The fourth-order valence-corrected chi connectivity index (χ4v) is 2.71. The van der Waals surface area contributed by atoms with Gasteiger partial charge in [0.25, 0.3) is 0 Å². The van der Waals surface area contributed by atoms with Crippen LogP contribution in [-0.2, 0) is 17.8 Å². The van der Waals surface area contributed by atoms with E-state index in [-0.39, 0.29) is 5.91 Å². The molecule has 0 fully saturated rings. The van der Waals surface area contributed by atoms with Crippen LogP contribution in [0, 0.1) is 6.92 Å². The molecule has 1 amide bonds. The summed E-state index contributed by atoms with van der Waals surface area (Å²) >= 11 is 1.51. The third-order valence-corrected chi connectivity index (χ3v) is 4.15. The maximum Gasteiger partial charge on any atom is 0.226 e. The molecule has 0 aliphatic carbocycles. The number of carbonyl (C=O) groups is 1. The van der Waals surface area contributed by atoms with Crippen molar-refractivity contribution in [3.05, 3.63) is 45.9 Å². The van der Waals surface area contributed by atoms with E-state index in [0.717, 1.165) is 29.3 Å². The van der Waals surface area contributed by atoms with Gasteiger partial charge in [0.1, 0.15) is 17.4 Å². The zero-order valence-electron chi connectivity index (χ0n) is 13.4. The van der Waals surface area contributed by atoms with Gasteiger partial charge >= 0.3 is 0 Å². The van der Waals surface area contributed by atoms with Gasteiger partial charge in [-0.15, -0.1) is 11.3 Å². The standard InChI is InChI=1S/C17H23N3O2S/c1-13-4-6-15(7-5-13)22-11-17-20-14(12-23-17)10-16(21)19-9-3-2-8-18/h4-7,12H,2-3,8-11,18H2,1H3,(H,19,21). The van der Waals surface area contributed by atoms with Crippen LogP contribution >= 0.6 is 11.3 Å². The van der Waals surface area contributed by atoms with Crippen LogP contribution in [0.2, 0.25) is 0 Å². The molecule has 2 rings (SSSR count). The van der Waals surface area contributed by atoms with E-state index in [2.05, 4.69) is 10.3 Å². The van der Waals surface area contributed by atoms with Crippen molar-refractivity contribution < 1.29 is 9.53 Å². The smallest absolute Gasteiger partial charge is 0.226 e. The number of thiazole rings is 1. The Labute approximate surface area is 140 Å². The molecule has 0 aliphatic heterocycles. The maximum atomic E-state index is 11.8. The Kier molecular flexibility index (Phi) is 7.03. The lowest BCUT2D eigenvalue weighted by molar-refractivity contribution is -0.120. The van der Waals surface area contributed by atoms with Crippen LogP contribution < -0.4 is 15.8 Å². The van der Waals surface area contributed by atoms with Crippen LogP contribution in [0.3, 0.4) is 0 Å². The highest BCUT2D eigenvalue weighted by molar-refractivity contribution is 7.09. The molecule has 1 aromatic heterocycles. The first-order valence-corrected chi connectivity index (χ1v) is 8.65. The third-order valence-electron chi connectivity index (χ3n) is 3.28. The highest BCUT2D eigenvalue weighted by Crippen LogP contribution is 2.16. The summed E-state index contributed by atoms with van der Waals surface area (Å²) in [5.41, 5.74) is 7.40. The number of aromatic nitrogens is 1. The Balaban J connectivity index is 1.74. The van der Waals surface area contributed by atoms with Crippen LogP contribution in [0.4, 0.5) is 0 Å². The van der Waals surface area contributed by atoms with Crippen molar-refractivity contribution in [3.63, 3.8) is 0 Å². The van der Waals surface area contributed by atoms with E-state index in [0.29, 0.717) is 26.1 Å². The second kappa shape index (κ2) is 9.27. The Morgan fingerprint density at radius 2 is 2.09 bits per heavy atom. The van der Waals surface area contributed by atoms with Crippen molar-refractivity contribution in [1.29, 1.82) is 0 Å². The largest absolute Gasteiger partial charge is 0.486 e. The van der Waals surface area contributed by atoms with E-state index in [1.54, 1.807) is 0 Å². The van der Waals surface area contributed by atoms with Gasteiger partial charge in [0.05, 0.1) is 12.1 Å². The van der Waals surface area contributed by atoms with Crippen molar-refractivity contribution in [2.24, 2.45) is 5.73 Å². The summed E-state index contributed by atoms with van der Waals surface area (Å²) in [7, 11) is 0. The van der Waals surface area contributed by atoms with Crippen molar-refractivity contribution in [2.75, 3.05) is 13.1 Å². The monoisotopic (exact) mass is 333 g/mol. The SMILES string of the molecule is Cc1ccc(OCc2nc(CC(=O)NCCCCN)cs2)cc1. The molecule has 0 spiro atoms. The number of amides is 1. The minimum absolute atomic E-state index is 0.00155. The lowest BCUT2D eigenvalue weighted by Crippen LogP contribution is -2.26. The van der Waals surface area contributed by atoms with Crippen LogP contribution in [0.25, 0.3) is 0 Å². The molecule has 6 heteroatoms. The quantitative estimate of drug-likeness (QED) is 0.691. The van der Waals surface area contributed by atoms with Gasteiger partial charge in [0.2, 0.25) is 5.91 Å². The molecule has 1 heterocycles. The molecule has 0 saturated heterocycles. The van der Waals surface area contributed by atoms with Crippen LogP contribution in [0.1, 0.15) is 29.1 Å². The average molecular weight is 333 g/mol. The van der Waals surface area contributed by atoms with Crippen molar-refractivity contribution >= 4 is 17.2 Å². The first-order valence-electron chi connectivity index (χ1n) is 7.77. The number of ether oxygens (including phenoxy) is 1. The van der Waals surface area contributed by atoms with Crippen molar-refractivity contribution in [1.82, 2.24) is 10.3 Å². The molecule has 0 bridgehead atoms. The Morgan fingerprint density at radius 1 is 1.30 bits per heavy atom. The number of hydrogen-bond donors (Lipinski definition) is 2. The summed E-state index contributed by atoms with van der Waals surface area (Å²) in [6.07, 6.45) is 2.15. The lowest BCUT2D eigenvalue weighted by atomic mass is 10.2. The number of benzene rings is 1. The minimum Gasteiger partial charge on any atom is -0.486 e. The fraction of sp³-hybridized carbons (Fsp3) is 0.412. The van der Waals surface area contributed by atoms with E-state index >= 15 is 0 Å². The molecular formula is C17H23N3O2S. The van der Waals surface area contributed by atoms with Gasteiger partial charge in [-0.3, -0.25) is 4.79 Å². The minimum atomic E-state index is -0.00155. The van der Waals surface area contributed by atoms with Gasteiger partial charge in [0.15, 0.2) is 0 Å². The number of unbranched alkanes of at least 4 members (excludes halogenated alkanes) is 1. The molecule has 124 valence electrons. The Morgan fingerprint density at radius 3 is 2.83 bits per heavy atom. The summed E-state index contributed by atoms with van der Waals surface area (Å²) in [5, 5.41) is 5.66. The third kappa shape index (κ3) is 6.38. The van der Waals surface area contributed by atoms with Crippen molar-refractivity contribution in [2.45, 2.75) is 32.8 Å². The summed E-state index contributed by atoms with van der Waals surface area (Å²) in [6, 6.07) is 7.91. The average Bonchev–Trinajstić information content (AvgIpc) is 2.98. The van der Waals surface area contributed by atoms with Gasteiger partial charge in [-0.1, -0.05) is 17.7 Å². The molecule has 5 nitrogen and oxygen atoms in total. The summed E-state index contributed by atoms with van der Waals surface area (Å²) in [5.74, 6) is 0.823. The van der Waals surface area contributed by atoms with Gasteiger partial charge in [0, 0.05) is 11.9 Å². The summed E-state index contributed by atoms with van der Waals surface area (Å²) in [6.45, 7) is 3.79. The molecule has 0 unspecified atom stereocenters. The molecule has 0 atom stereocenters. The second-order valence-electron chi connectivity index (χ2n) is 5.36. The number of carbonyl (C=O) groups excluding carboxylic acids is 1. The van der Waals surface area contributed by atoms with Gasteiger partial charge < -0.3 is 15.8 Å². The van der Waals surface area contributed by atoms with Gasteiger partial charge in [-0.2, -0.15) is 0 Å². The van der Waals surface area contributed by atoms with Gasteiger partial charge in [-0.25, -0.2) is 4.98 Å². The highest BCUT2D eigenvalue weighted by atomic mass is 32.1. The van der Waals surface area contributed by atoms with Gasteiger partial charge in [-0.05, 0) is 38.4 Å².